The molecule has 0 aliphatic rings. The summed E-state index contributed by atoms with van der Waals surface area (Å²) in [5, 5.41) is 4.55. The summed E-state index contributed by atoms with van der Waals surface area (Å²) in [6.45, 7) is 4.03. The van der Waals surface area contributed by atoms with Crippen LogP contribution in [0.15, 0.2) is 30.3 Å². The molecule has 0 bridgehead atoms. The fourth-order valence-corrected chi connectivity index (χ4v) is 3.02. The first-order valence-electron chi connectivity index (χ1n) is 6.92. The molecule has 0 amide bonds. The van der Waals surface area contributed by atoms with Gasteiger partial charge in [-0.15, -0.1) is 0 Å². The van der Waals surface area contributed by atoms with E-state index >= 15 is 0 Å². The quantitative estimate of drug-likeness (QED) is 0.768. The van der Waals surface area contributed by atoms with Gasteiger partial charge >= 0.3 is 0 Å². The number of hydrogen-bond acceptors (Lipinski definition) is 4. The second-order valence-electron chi connectivity index (χ2n) is 5.10. The number of hydrogen-bond donors (Lipinski definition) is 0. The van der Waals surface area contributed by atoms with Crippen LogP contribution in [0.25, 0.3) is 5.69 Å². The van der Waals surface area contributed by atoms with Gasteiger partial charge in [-0.3, -0.25) is 4.79 Å². The summed E-state index contributed by atoms with van der Waals surface area (Å²) in [7, 11) is 2.02. The Morgan fingerprint density at radius 3 is 2.62 bits per heavy atom. The first kappa shape index (κ1) is 15.6. The molecule has 0 saturated heterocycles. The predicted octanol–water partition coefficient (Wildman–Crippen LogP) is 3.18. The number of para-hydroxylation sites is 1. The van der Waals surface area contributed by atoms with Gasteiger partial charge in [-0.1, -0.05) is 18.2 Å². The zero-order valence-corrected chi connectivity index (χ0v) is 13.7. The van der Waals surface area contributed by atoms with Crippen molar-refractivity contribution in [2.24, 2.45) is 0 Å². The van der Waals surface area contributed by atoms with Gasteiger partial charge in [-0.2, -0.15) is 16.9 Å². The third kappa shape index (κ3) is 3.13. The molecule has 1 atom stereocenters. The van der Waals surface area contributed by atoms with Crippen LogP contribution in [0.5, 0.6) is 0 Å². The number of carbonyl (C=O) groups is 1. The zero-order valence-electron chi connectivity index (χ0n) is 12.9. The minimum absolute atomic E-state index is 0.317. The van der Waals surface area contributed by atoms with Crippen LogP contribution < -0.4 is 4.90 Å². The molecular weight excluding hydrogens is 282 g/mol. The Hall–Kier alpha value is -1.75. The molecule has 0 fully saturated rings. The molecular formula is C16H21N3OS. The molecule has 1 unspecified atom stereocenters. The Morgan fingerprint density at radius 2 is 2.05 bits per heavy atom. The van der Waals surface area contributed by atoms with Crippen LogP contribution in [0.2, 0.25) is 0 Å². The Balaban J connectivity index is 2.54. The van der Waals surface area contributed by atoms with Crippen LogP contribution >= 0.6 is 11.8 Å². The normalized spacial score (nSPS) is 12.2. The average molecular weight is 303 g/mol. The molecule has 112 valence electrons. The summed E-state index contributed by atoms with van der Waals surface area (Å²) in [5.41, 5.74) is 2.38. The van der Waals surface area contributed by atoms with Crippen molar-refractivity contribution in [1.82, 2.24) is 9.78 Å². The van der Waals surface area contributed by atoms with Gasteiger partial charge in [0.2, 0.25) is 0 Å². The topological polar surface area (TPSA) is 38.1 Å². The second kappa shape index (κ2) is 6.80. The standard InChI is InChI=1S/C16H21N3OS/c1-12(11-21-4)18(3)16-15(10-20)13(2)17-19(16)14-8-6-5-7-9-14/h5-10,12H,11H2,1-4H3. The summed E-state index contributed by atoms with van der Waals surface area (Å²) < 4.78 is 1.86. The largest absolute Gasteiger partial charge is 0.355 e. The molecule has 4 nitrogen and oxygen atoms in total. The lowest BCUT2D eigenvalue weighted by atomic mass is 10.2. The summed E-state index contributed by atoms with van der Waals surface area (Å²) >= 11 is 1.79. The number of aryl methyl sites for hydroxylation is 1. The predicted molar refractivity (Wildman–Crippen MR) is 89.9 cm³/mol. The number of anilines is 1. The van der Waals surface area contributed by atoms with Gasteiger partial charge in [-0.05, 0) is 32.2 Å². The molecule has 1 aromatic carbocycles. The lowest BCUT2D eigenvalue weighted by molar-refractivity contribution is 0.112. The molecule has 0 saturated carbocycles. The highest BCUT2D eigenvalue weighted by atomic mass is 32.2. The maximum Gasteiger partial charge on any atom is 0.155 e. The zero-order chi connectivity index (χ0) is 15.4. The van der Waals surface area contributed by atoms with E-state index in [-0.39, 0.29) is 0 Å². The van der Waals surface area contributed by atoms with Crippen molar-refractivity contribution >= 4 is 23.9 Å². The average Bonchev–Trinajstić information content (AvgIpc) is 2.84. The molecule has 1 aromatic heterocycles. The molecule has 0 radical (unpaired) electrons. The van der Waals surface area contributed by atoms with E-state index in [9.17, 15) is 4.79 Å². The van der Waals surface area contributed by atoms with Crippen molar-refractivity contribution in [3.63, 3.8) is 0 Å². The number of benzene rings is 1. The number of thioether (sulfide) groups is 1. The summed E-state index contributed by atoms with van der Waals surface area (Å²) in [4.78, 5) is 13.6. The molecule has 21 heavy (non-hydrogen) atoms. The summed E-state index contributed by atoms with van der Waals surface area (Å²) in [5.74, 6) is 1.85. The molecule has 0 aliphatic heterocycles. The van der Waals surface area contributed by atoms with Crippen molar-refractivity contribution in [1.29, 1.82) is 0 Å². The number of nitrogens with zero attached hydrogens (tertiary/aromatic N) is 3. The smallest absolute Gasteiger partial charge is 0.155 e. The SMILES string of the molecule is CSCC(C)N(C)c1c(C=O)c(C)nn1-c1ccccc1. The maximum absolute atomic E-state index is 11.5. The second-order valence-corrected chi connectivity index (χ2v) is 6.01. The highest BCUT2D eigenvalue weighted by molar-refractivity contribution is 7.98. The molecule has 5 heteroatoms. The minimum atomic E-state index is 0.317. The van der Waals surface area contributed by atoms with Gasteiger partial charge in [0, 0.05) is 18.8 Å². The van der Waals surface area contributed by atoms with Crippen molar-refractivity contribution in [2.45, 2.75) is 19.9 Å². The molecule has 0 spiro atoms. The van der Waals surface area contributed by atoms with Crippen molar-refractivity contribution < 1.29 is 4.79 Å². The van der Waals surface area contributed by atoms with E-state index in [2.05, 4.69) is 23.2 Å². The Bertz CT molecular complexity index is 609. The maximum atomic E-state index is 11.5. The highest BCUT2D eigenvalue weighted by Crippen LogP contribution is 2.27. The lowest BCUT2D eigenvalue weighted by Gasteiger charge is -2.27. The van der Waals surface area contributed by atoms with E-state index in [4.69, 9.17) is 0 Å². The van der Waals surface area contributed by atoms with E-state index in [1.807, 2.05) is 49.0 Å². The summed E-state index contributed by atoms with van der Waals surface area (Å²) in [6.07, 6.45) is 2.99. The van der Waals surface area contributed by atoms with Crippen LogP contribution in [0.3, 0.4) is 0 Å². The van der Waals surface area contributed by atoms with Crippen LogP contribution in [0, 0.1) is 6.92 Å². The summed E-state index contributed by atoms with van der Waals surface area (Å²) in [6, 6.07) is 10.2. The Labute approximate surface area is 130 Å². The number of carbonyl (C=O) groups excluding carboxylic acids is 1. The van der Waals surface area contributed by atoms with Crippen LogP contribution in [0.1, 0.15) is 23.0 Å². The molecule has 0 aliphatic carbocycles. The number of aromatic nitrogens is 2. The van der Waals surface area contributed by atoms with Crippen molar-refractivity contribution in [3.8, 4) is 5.69 Å². The van der Waals surface area contributed by atoms with E-state index < -0.39 is 0 Å². The number of rotatable bonds is 6. The van der Waals surface area contributed by atoms with Gasteiger partial charge in [0.25, 0.3) is 0 Å². The van der Waals surface area contributed by atoms with Crippen LogP contribution in [-0.4, -0.2) is 41.2 Å². The van der Waals surface area contributed by atoms with E-state index in [1.54, 1.807) is 11.8 Å². The van der Waals surface area contributed by atoms with Gasteiger partial charge in [0.05, 0.1) is 16.9 Å². The van der Waals surface area contributed by atoms with Crippen molar-refractivity contribution in [2.75, 3.05) is 24.0 Å². The van der Waals surface area contributed by atoms with Gasteiger partial charge in [0.15, 0.2) is 6.29 Å². The Morgan fingerprint density at radius 1 is 1.38 bits per heavy atom. The third-order valence-corrected chi connectivity index (χ3v) is 4.42. The van der Waals surface area contributed by atoms with Crippen LogP contribution in [-0.2, 0) is 0 Å². The molecule has 1 heterocycles. The minimum Gasteiger partial charge on any atom is -0.355 e. The molecule has 2 rings (SSSR count). The van der Waals surface area contributed by atoms with E-state index in [1.165, 1.54) is 0 Å². The van der Waals surface area contributed by atoms with Gasteiger partial charge in [0.1, 0.15) is 5.82 Å². The van der Waals surface area contributed by atoms with Gasteiger partial charge < -0.3 is 4.90 Å². The van der Waals surface area contributed by atoms with Gasteiger partial charge in [-0.25, -0.2) is 4.68 Å². The fraction of sp³-hybridized carbons (Fsp3) is 0.375. The lowest BCUT2D eigenvalue weighted by Crippen LogP contribution is -2.33. The van der Waals surface area contributed by atoms with E-state index in [0.717, 1.165) is 29.2 Å². The Kier molecular flexibility index (Phi) is 5.07. The first-order chi connectivity index (χ1) is 10.1. The fourth-order valence-electron chi connectivity index (χ4n) is 2.32. The van der Waals surface area contributed by atoms with Crippen molar-refractivity contribution in [3.05, 3.63) is 41.6 Å². The first-order valence-corrected chi connectivity index (χ1v) is 8.31. The molecule has 0 N–H and O–H groups in total. The number of aldehydes is 1. The highest BCUT2D eigenvalue weighted by Gasteiger charge is 2.22. The monoisotopic (exact) mass is 303 g/mol. The molecule has 2 aromatic rings. The van der Waals surface area contributed by atoms with Crippen LogP contribution in [0.4, 0.5) is 5.82 Å². The third-order valence-electron chi connectivity index (χ3n) is 3.60. The van der Waals surface area contributed by atoms with E-state index in [0.29, 0.717) is 11.6 Å².